The van der Waals surface area contributed by atoms with Crippen molar-refractivity contribution in [3.63, 3.8) is 0 Å². The Morgan fingerprint density at radius 3 is 1.95 bits per heavy atom. The summed E-state index contributed by atoms with van der Waals surface area (Å²) in [5.41, 5.74) is -5.83. The summed E-state index contributed by atoms with van der Waals surface area (Å²) in [6.07, 6.45) is -1.26. The van der Waals surface area contributed by atoms with Crippen LogP contribution in [0.25, 0.3) is 0 Å². The van der Waals surface area contributed by atoms with Crippen LogP contribution in [-0.4, -0.2) is 56.4 Å². The molecule has 0 spiro atoms. The first-order chi connectivity index (χ1) is 8.29. The van der Waals surface area contributed by atoms with Crippen molar-refractivity contribution in [3.05, 3.63) is 0 Å². The lowest BCUT2D eigenvalue weighted by molar-refractivity contribution is -0.202. The summed E-state index contributed by atoms with van der Waals surface area (Å²) in [4.78, 5) is 10.8. The zero-order chi connectivity index (χ0) is 15.3. The molecule has 1 aliphatic rings. The van der Waals surface area contributed by atoms with E-state index in [0.717, 1.165) is 0 Å². The molecule has 1 saturated heterocycles. The van der Waals surface area contributed by atoms with Crippen LogP contribution in [0.3, 0.4) is 0 Å². The van der Waals surface area contributed by atoms with Crippen LogP contribution < -0.4 is 0 Å². The number of aliphatic hydroxyl groups is 3. The van der Waals surface area contributed by atoms with Crippen LogP contribution in [0, 0.1) is 0 Å². The molecule has 0 aromatic heterocycles. The average molecular weight is 276 g/mol. The summed E-state index contributed by atoms with van der Waals surface area (Å²) in [5.74, 6) is -0.536. The molecule has 0 aliphatic carbocycles. The van der Waals surface area contributed by atoms with E-state index in [4.69, 9.17) is 9.47 Å². The maximum Gasteiger partial charge on any atom is 0.302 e. The van der Waals surface area contributed by atoms with E-state index in [1.54, 1.807) is 13.8 Å². The van der Waals surface area contributed by atoms with Crippen molar-refractivity contribution in [2.24, 2.45) is 0 Å². The Bertz CT molecular complexity index is 373. The first-order valence-electron chi connectivity index (χ1n) is 6.26. The predicted octanol–water partition coefficient (Wildman–Crippen LogP) is -0.0201. The second kappa shape index (κ2) is 4.41. The van der Waals surface area contributed by atoms with Gasteiger partial charge in [-0.1, -0.05) is 0 Å². The molecule has 1 fully saturated rings. The van der Waals surface area contributed by atoms with Crippen molar-refractivity contribution in [1.29, 1.82) is 0 Å². The fourth-order valence-electron chi connectivity index (χ4n) is 2.55. The van der Waals surface area contributed by atoms with Crippen molar-refractivity contribution in [2.45, 2.75) is 70.1 Å². The van der Waals surface area contributed by atoms with Crippen LogP contribution in [-0.2, 0) is 14.3 Å². The normalized spacial score (nSPS) is 43.0. The second-order valence-electron chi connectivity index (χ2n) is 6.18. The van der Waals surface area contributed by atoms with E-state index in [0.29, 0.717) is 0 Å². The number of carbonyl (C=O) groups is 1. The van der Waals surface area contributed by atoms with E-state index in [1.165, 1.54) is 27.7 Å². The lowest BCUT2D eigenvalue weighted by atomic mass is 9.69. The van der Waals surface area contributed by atoms with Gasteiger partial charge in [0.2, 0.25) is 0 Å². The summed E-state index contributed by atoms with van der Waals surface area (Å²) in [5, 5.41) is 31.3. The Kier molecular flexibility index (Phi) is 3.80. The highest BCUT2D eigenvalue weighted by Gasteiger charge is 2.72. The average Bonchev–Trinajstić information content (AvgIpc) is 2.32. The van der Waals surface area contributed by atoms with Gasteiger partial charge in [0, 0.05) is 6.92 Å². The van der Waals surface area contributed by atoms with Gasteiger partial charge >= 0.3 is 5.97 Å². The molecule has 0 aromatic rings. The maximum absolute atomic E-state index is 10.8. The molecule has 6 heteroatoms. The van der Waals surface area contributed by atoms with Crippen LogP contribution in [0.5, 0.6) is 0 Å². The summed E-state index contributed by atoms with van der Waals surface area (Å²) < 4.78 is 10.5. The molecular weight excluding hydrogens is 252 g/mol. The van der Waals surface area contributed by atoms with Gasteiger partial charge in [-0.25, -0.2) is 0 Å². The number of aliphatic hydroxyl groups excluding tert-OH is 1. The van der Waals surface area contributed by atoms with E-state index < -0.39 is 34.5 Å². The molecule has 0 bridgehead atoms. The van der Waals surface area contributed by atoms with Crippen LogP contribution in [0.4, 0.5) is 0 Å². The molecule has 0 aromatic carbocycles. The van der Waals surface area contributed by atoms with Crippen LogP contribution >= 0.6 is 0 Å². The largest absolute Gasteiger partial charge is 0.463 e. The lowest BCUT2D eigenvalue weighted by Crippen LogP contribution is -2.65. The first kappa shape index (κ1) is 16.4. The van der Waals surface area contributed by atoms with Gasteiger partial charge in [-0.05, 0) is 34.6 Å². The van der Waals surface area contributed by atoms with Gasteiger partial charge in [-0.15, -0.1) is 0 Å². The number of esters is 1. The highest BCUT2D eigenvalue weighted by molar-refractivity contribution is 5.65. The summed E-state index contributed by atoms with van der Waals surface area (Å²) in [6.45, 7) is 8.52. The Morgan fingerprint density at radius 1 is 1.16 bits per heavy atom. The van der Waals surface area contributed by atoms with Crippen molar-refractivity contribution in [1.82, 2.24) is 0 Å². The molecule has 0 amide bonds. The standard InChI is InChI=1S/C13H24O6/c1-8(14)18-7-9(15)11(4)13(6,17)12(5,16)10(2,3)19-11/h9,15-17H,7H2,1-6H3. The molecule has 1 aliphatic heterocycles. The molecule has 1 heterocycles. The quantitative estimate of drug-likeness (QED) is 0.627. The Labute approximate surface area is 113 Å². The lowest BCUT2D eigenvalue weighted by Gasteiger charge is -2.43. The third-order valence-corrected chi connectivity index (χ3v) is 4.63. The van der Waals surface area contributed by atoms with Crippen molar-refractivity contribution >= 4 is 5.97 Å². The molecule has 1 rings (SSSR count). The van der Waals surface area contributed by atoms with Crippen LogP contribution in [0.1, 0.15) is 41.5 Å². The van der Waals surface area contributed by atoms with Gasteiger partial charge in [0.15, 0.2) is 0 Å². The van der Waals surface area contributed by atoms with Gasteiger partial charge < -0.3 is 24.8 Å². The molecule has 112 valence electrons. The van der Waals surface area contributed by atoms with Gasteiger partial charge in [-0.2, -0.15) is 0 Å². The minimum Gasteiger partial charge on any atom is -0.463 e. The van der Waals surface area contributed by atoms with E-state index in [9.17, 15) is 20.1 Å². The van der Waals surface area contributed by atoms with Gasteiger partial charge in [0.05, 0.1) is 5.60 Å². The Morgan fingerprint density at radius 2 is 1.63 bits per heavy atom. The fourth-order valence-corrected chi connectivity index (χ4v) is 2.55. The first-order valence-corrected chi connectivity index (χ1v) is 6.26. The zero-order valence-corrected chi connectivity index (χ0v) is 12.4. The number of carbonyl (C=O) groups excluding carboxylic acids is 1. The topological polar surface area (TPSA) is 96.2 Å². The number of ether oxygens (including phenoxy) is 2. The van der Waals surface area contributed by atoms with E-state index >= 15 is 0 Å². The van der Waals surface area contributed by atoms with E-state index in [2.05, 4.69) is 0 Å². The summed E-state index contributed by atoms with van der Waals surface area (Å²) >= 11 is 0. The zero-order valence-electron chi connectivity index (χ0n) is 12.4. The molecule has 3 N–H and O–H groups in total. The monoisotopic (exact) mass is 276 g/mol. The van der Waals surface area contributed by atoms with Gasteiger partial charge in [-0.3, -0.25) is 4.79 Å². The van der Waals surface area contributed by atoms with E-state index in [1.807, 2.05) is 0 Å². The maximum atomic E-state index is 10.8. The number of hydrogen-bond acceptors (Lipinski definition) is 6. The second-order valence-corrected chi connectivity index (χ2v) is 6.18. The van der Waals surface area contributed by atoms with Gasteiger partial charge in [0.25, 0.3) is 0 Å². The van der Waals surface area contributed by atoms with Crippen molar-refractivity contribution < 1.29 is 29.6 Å². The smallest absolute Gasteiger partial charge is 0.302 e. The summed E-state index contributed by atoms with van der Waals surface area (Å²) in [6, 6.07) is 0. The highest BCUT2D eigenvalue weighted by atomic mass is 16.6. The minimum atomic E-state index is -1.72. The molecule has 4 atom stereocenters. The Balaban J connectivity index is 3.08. The Hall–Kier alpha value is -0.690. The minimum absolute atomic E-state index is 0.311. The molecule has 0 radical (unpaired) electrons. The predicted molar refractivity (Wildman–Crippen MR) is 67.5 cm³/mol. The molecule has 6 nitrogen and oxygen atoms in total. The van der Waals surface area contributed by atoms with Crippen LogP contribution in [0.15, 0.2) is 0 Å². The SMILES string of the molecule is CC(=O)OCC(O)C1(C)OC(C)(C)C(C)(O)C1(C)O. The number of hydrogen-bond donors (Lipinski definition) is 3. The third-order valence-electron chi connectivity index (χ3n) is 4.63. The fraction of sp³-hybridized carbons (Fsp3) is 0.923. The number of rotatable bonds is 3. The third kappa shape index (κ3) is 2.16. The molecular formula is C13H24O6. The molecule has 19 heavy (non-hydrogen) atoms. The van der Waals surface area contributed by atoms with Crippen LogP contribution in [0.2, 0.25) is 0 Å². The van der Waals surface area contributed by atoms with Crippen molar-refractivity contribution in [2.75, 3.05) is 6.61 Å². The molecule has 0 saturated carbocycles. The summed E-state index contributed by atoms with van der Waals surface area (Å²) in [7, 11) is 0. The van der Waals surface area contributed by atoms with E-state index in [-0.39, 0.29) is 6.61 Å². The van der Waals surface area contributed by atoms with Gasteiger partial charge in [0.1, 0.15) is 29.5 Å². The molecule has 4 unspecified atom stereocenters. The van der Waals surface area contributed by atoms with Crippen molar-refractivity contribution in [3.8, 4) is 0 Å². The highest BCUT2D eigenvalue weighted by Crippen LogP contribution is 2.53.